The number of aliphatic hydroxyl groups is 1. The van der Waals surface area contributed by atoms with Gasteiger partial charge in [0.1, 0.15) is 0 Å². The summed E-state index contributed by atoms with van der Waals surface area (Å²) >= 11 is 0. The van der Waals surface area contributed by atoms with Crippen molar-refractivity contribution in [3.63, 3.8) is 0 Å². The molecular weight excluding hydrogens is 190 g/mol. The van der Waals surface area contributed by atoms with Gasteiger partial charge in [0.25, 0.3) is 0 Å². The van der Waals surface area contributed by atoms with Crippen molar-refractivity contribution in [3.8, 4) is 0 Å². The molecule has 3 heteroatoms. The summed E-state index contributed by atoms with van der Waals surface area (Å²) in [4.78, 5) is 13.6. The van der Waals surface area contributed by atoms with Crippen LogP contribution in [0.3, 0.4) is 0 Å². The lowest BCUT2D eigenvalue weighted by molar-refractivity contribution is -0.143. The monoisotopic (exact) mass is 211 g/mol. The summed E-state index contributed by atoms with van der Waals surface area (Å²) in [6.07, 6.45) is 0.557. The summed E-state index contributed by atoms with van der Waals surface area (Å²) in [5, 5.41) is 9.33. The minimum Gasteiger partial charge on any atom is -0.512 e. The molecule has 1 saturated heterocycles. The van der Waals surface area contributed by atoms with E-state index in [9.17, 15) is 9.90 Å². The van der Waals surface area contributed by atoms with Crippen LogP contribution in [0.4, 0.5) is 0 Å². The van der Waals surface area contributed by atoms with Crippen molar-refractivity contribution in [1.82, 2.24) is 4.90 Å². The molecule has 0 bridgehead atoms. The van der Waals surface area contributed by atoms with Crippen molar-refractivity contribution in [2.75, 3.05) is 13.1 Å². The summed E-state index contributed by atoms with van der Waals surface area (Å²) in [5.74, 6) is 0.350. The van der Waals surface area contributed by atoms with Crippen molar-refractivity contribution < 1.29 is 9.90 Å². The van der Waals surface area contributed by atoms with E-state index in [2.05, 4.69) is 27.4 Å². The second-order valence-electron chi connectivity index (χ2n) is 5.99. The molecule has 3 nitrogen and oxygen atoms in total. The van der Waals surface area contributed by atoms with Gasteiger partial charge < -0.3 is 10.0 Å². The number of nitrogens with zero attached hydrogens (tertiary/aromatic N) is 1. The SMILES string of the molecule is C=C(O)C1(C)CN(C(=O)CC(C)(C)C)C1. The third-order valence-corrected chi connectivity index (χ3v) is 2.81. The number of carbonyl (C=O) groups excluding carboxylic acids is 1. The normalized spacial score (nSPS) is 19.6. The molecule has 0 aromatic heterocycles. The van der Waals surface area contributed by atoms with Gasteiger partial charge in [0, 0.05) is 19.5 Å². The molecule has 1 N–H and O–H groups in total. The van der Waals surface area contributed by atoms with Crippen molar-refractivity contribution >= 4 is 5.91 Å². The van der Waals surface area contributed by atoms with E-state index < -0.39 is 0 Å². The molecule has 0 unspecified atom stereocenters. The lowest BCUT2D eigenvalue weighted by Crippen LogP contribution is -2.58. The standard InChI is InChI=1S/C12H21NO2/c1-9(14)12(5)7-13(8-12)10(15)6-11(2,3)4/h14H,1,6-8H2,2-5H3. The van der Waals surface area contributed by atoms with Crippen LogP contribution in [0.15, 0.2) is 12.3 Å². The Balaban J connectivity index is 2.46. The zero-order chi connectivity index (χ0) is 11.9. The molecule has 0 aliphatic carbocycles. The maximum Gasteiger partial charge on any atom is 0.223 e. The fraction of sp³-hybridized carbons (Fsp3) is 0.750. The Morgan fingerprint density at radius 1 is 1.47 bits per heavy atom. The quantitative estimate of drug-likeness (QED) is 0.712. The highest BCUT2D eigenvalue weighted by molar-refractivity contribution is 5.78. The van der Waals surface area contributed by atoms with Crippen LogP contribution in [0, 0.1) is 10.8 Å². The lowest BCUT2D eigenvalue weighted by Gasteiger charge is -2.47. The fourth-order valence-electron chi connectivity index (χ4n) is 1.72. The average Bonchev–Trinajstić information content (AvgIpc) is 1.94. The fourth-order valence-corrected chi connectivity index (χ4v) is 1.72. The average molecular weight is 211 g/mol. The van der Waals surface area contributed by atoms with Crippen molar-refractivity contribution in [2.45, 2.75) is 34.1 Å². The van der Waals surface area contributed by atoms with Crippen LogP contribution >= 0.6 is 0 Å². The zero-order valence-corrected chi connectivity index (χ0v) is 10.1. The Morgan fingerprint density at radius 2 is 1.93 bits per heavy atom. The van der Waals surface area contributed by atoms with Gasteiger partial charge in [0.2, 0.25) is 5.91 Å². The number of hydrogen-bond acceptors (Lipinski definition) is 2. The van der Waals surface area contributed by atoms with Crippen molar-refractivity contribution in [2.24, 2.45) is 10.8 Å². The number of aliphatic hydroxyl groups excluding tert-OH is 1. The van der Waals surface area contributed by atoms with E-state index in [0.29, 0.717) is 19.5 Å². The third kappa shape index (κ3) is 2.74. The second-order valence-corrected chi connectivity index (χ2v) is 5.99. The molecule has 0 spiro atoms. The molecule has 1 aliphatic rings. The van der Waals surface area contributed by atoms with Crippen LogP contribution in [0.1, 0.15) is 34.1 Å². The summed E-state index contributed by atoms with van der Waals surface area (Å²) in [7, 11) is 0. The molecule has 1 fully saturated rings. The van der Waals surface area contributed by atoms with Gasteiger partial charge in [-0.25, -0.2) is 0 Å². The highest BCUT2D eigenvalue weighted by Gasteiger charge is 2.44. The van der Waals surface area contributed by atoms with E-state index in [1.165, 1.54) is 0 Å². The predicted molar refractivity (Wildman–Crippen MR) is 60.5 cm³/mol. The van der Waals surface area contributed by atoms with E-state index in [1.54, 1.807) is 4.90 Å². The van der Waals surface area contributed by atoms with E-state index >= 15 is 0 Å². The molecule has 1 amide bonds. The Kier molecular flexibility index (Phi) is 2.85. The second kappa shape index (κ2) is 3.54. The zero-order valence-electron chi connectivity index (χ0n) is 10.1. The lowest BCUT2D eigenvalue weighted by atomic mass is 9.79. The Labute approximate surface area is 91.8 Å². The van der Waals surface area contributed by atoms with Crippen LogP contribution in [0.2, 0.25) is 0 Å². The Morgan fingerprint density at radius 3 is 2.27 bits per heavy atom. The predicted octanol–water partition coefficient (Wildman–Crippen LogP) is 2.34. The van der Waals surface area contributed by atoms with Gasteiger partial charge in [-0.3, -0.25) is 4.79 Å². The number of likely N-dealkylation sites (tertiary alicyclic amines) is 1. The minimum atomic E-state index is -0.284. The van der Waals surface area contributed by atoms with Gasteiger partial charge in [-0.15, -0.1) is 0 Å². The Hall–Kier alpha value is -0.990. The summed E-state index contributed by atoms with van der Waals surface area (Å²) < 4.78 is 0. The van der Waals surface area contributed by atoms with Crippen LogP contribution in [0.5, 0.6) is 0 Å². The van der Waals surface area contributed by atoms with E-state index in [4.69, 9.17) is 0 Å². The number of hydrogen-bond donors (Lipinski definition) is 1. The molecule has 0 saturated carbocycles. The molecule has 1 rings (SSSR count). The van der Waals surface area contributed by atoms with Gasteiger partial charge in [-0.2, -0.15) is 0 Å². The molecule has 1 aliphatic heterocycles. The first-order valence-electron chi connectivity index (χ1n) is 5.30. The smallest absolute Gasteiger partial charge is 0.223 e. The number of rotatable bonds is 2. The van der Waals surface area contributed by atoms with Gasteiger partial charge in [0.15, 0.2) is 0 Å². The largest absolute Gasteiger partial charge is 0.512 e. The molecule has 86 valence electrons. The van der Waals surface area contributed by atoms with E-state index in [-0.39, 0.29) is 22.5 Å². The maximum absolute atomic E-state index is 11.8. The summed E-state index contributed by atoms with van der Waals surface area (Å²) in [6, 6.07) is 0. The molecule has 15 heavy (non-hydrogen) atoms. The number of carbonyl (C=O) groups is 1. The minimum absolute atomic E-state index is 0.0271. The highest BCUT2D eigenvalue weighted by atomic mass is 16.3. The van der Waals surface area contributed by atoms with Crippen LogP contribution in [-0.4, -0.2) is 29.0 Å². The highest BCUT2D eigenvalue weighted by Crippen LogP contribution is 2.36. The van der Waals surface area contributed by atoms with Gasteiger partial charge in [-0.05, 0) is 12.3 Å². The summed E-state index contributed by atoms with van der Waals surface area (Å²) in [6.45, 7) is 12.8. The van der Waals surface area contributed by atoms with Crippen molar-refractivity contribution in [3.05, 3.63) is 12.3 Å². The molecule has 1 heterocycles. The molecule has 0 aromatic carbocycles. The first-order valence-corrected chi connectivity index (χ1v) is 5.30. The van der Waals surface area contributed by atoms with Crippen LogP contribution in [0.25, 0.3) is 0 Å². The van der Waals surface area contributed by atoms with Crippen LogP contribution < -0.4 is 0 Å². The van der Waals surface area contributed by atoms with Gasteiger partial charge >= 0.3 is 0 Å². The molecule has 0 aromatic rings. The van der Waals surface area contributed by atoms with Gasteiger partial charge in [-0.1, -0.05) is 27.4 Å². The summed E-state index contributed by atoms with van der Waals surface area (Å²) in [5.41, 5.74) is -0.257. The first-order chi connectivity index (χ1) is 6.64. The maximum atomic E-state index is 11.8. The third-order valence-electron chi connectivity index (χ3n) is 2.81. The Bertz CT molecular complexity index is 282. The van der Waals surface area contributed by atoms with Gasteiger partial charge in [0.05, 0.1) is 11.2 Å². The molecule has 0 radical (unpaired) electrons. The molecular formula is C12H21NO2. The van der Waals surface area contributed by atoms with Crippen molar-refractivity contribution in [1.29, 1.82) is 0 Å². The first kappa shape index (κ1) is 12.1. The van der Waals surface area contributed by atoms with Crippen LogP contribution in [-0.2, 0) is 4.79 Å². The topological polar surface area (TPSA) is 40.5 Å². The molecule has 0 atom stereocenters. The van der Waals surface area contributed by atoms with E-state index in [0.717, 1.165) is 0 Å². The van der Waals surface area contributed by atoms with E-state index in [1.807, 2.05) is 6.92 Å². The number of amides is 1.